The molecule has 3 aromatic rings. The third kappa shape index (κ3) is 17.0. The first kappa shape index (κ1) is 45.2. The van der Waals surface area contributed by atoms with Crippen molar-refractivity contribution < 1.29 is 59.0 Å². The van der Waals surface area contributed by atoms with Gasteiger partial charge in [-0.05, 0) is 44.9 Å². The first-order valence-corrected chi connectivity index (χ1v) is 12.4. The minimum absolute atomic E-state index is 0. The van der Waals surface area contributed by atoms with Crippen molar-refractivity contribution in [2.45, 2.75) is 38.2 Å². The van der Waals surface area contributed by atoms with Crippen LogP contribution in [0.2, 0.25) is 0 Å². The summed E-state index contributed by atoms with van der Waals surface area (Å²) in [7, 11) is 4.27. The molecule has 2 atom stereocenters. The van der Waals surface area contributed by atoms with Crippen LogP contribution in [-0.2, 0) is 4.74 Å². The smallest absolute Gasteiger partial charge is 1.00 e. The zero-order chi connectivity index (χ0) is 30.1. The van der Waals surface area contributed by atoms with Gasteiger partial charge in [-0.15, -0.1) is 11.6 Å². The number of rotatable bonds is 6. The molecule has 0 aromatic carbocycles. The average molecular weight is 707 g/mol. The minimum Gasteiger partial charge on any atom is -1.00 e. The summed E-state index contributed by atoms with van der Waals surface area (Å²) >= 11 is 5.77. The summed E-state index contributed by atoms with van der Waals surface area (Å²) in [6, 6.07) is 3.60. The maximum absolute atomic E-state index is 12.7. The molecule has 1 aliphatic heterocycles. The molecular weight excluding hydrogens is 671 g/mol. The molecule has 0 aliphatic carbocycles. The van der Waals surface area contributed by atoms with Crippen molar-refractivity contribution in [3.05, 3.63) is 78.4 Å². The van der Waals surface area contributed by atoms with E-state index >= 15 is 0 Å². The second-order valence-corrected chi connectivity index (χ2v) is 8.64. The fourth-order valence-electron chi connectivity index (χ4n) is 3.02. The van der Waals surface area contributed by atoms with Crippen LogP contribution >= 0.6 is 11.6 Å². The average Bonchev–Trinajstić information content (AvgIpc) is 3.54. The van der Waals surface area contributed by atoms with Gasteiger partial charge in [0.25, 0.3) is 0 Å². The maximum Gasteiger partial charge on any atom is 2.00 e. The van der Waals surface area contributed by atoms with Crippen LogP contribution < -0.4 is 31.2 Å². The fourth-order valence-corrected chi connectivity index (χ4v) is 3.17. The standard InChI is InChI=1S/C8H9ClFNO.C8H10FNO2.C7H6FNO2.C4H8O.CH3.BrH.Mg/c1-5(9)7-3-6(10)4-11-8(7)12-2;1-5(11)7-3-6(9)4-10-8(7)12-2;1-11-7-5(4-10)2-6(8)3-9-7;1-2-4-5-3-1;;;/h3-5H,1-2H3;3-5,11H,1-2H3;2-4H,1H3;1-4H2;1H3;1H;/q;;;;-1;;+2/p-1. The number of hydrogen-bond donors (Lipinski definition) is 1. The number of aliphatic hydroxyl groups is 1. The summed E-state index contributed by atoms with van der Waals surface area (Å²) in [5.41, 5.74) is 1.05. The second-order valence-electron chi connectivity index (χ2n) is 7.99. The molecule has 0 bridgehead atoms. The van der Waals surface area contributed by atoms with Gasteiger partial charge in [0, 0.05) is 24.3 Å². The quantitative estimate of drug-likeness (QED) is 0.179. The van der Waals surface area contributed by atoms with Gasteiger partial charge in [-0.3, -0.25) is 4.79 Å². The first-order valence-electron chi connectivity index (χ1n) is 12.0. The van der Waals surface area contributed by atoms with Gasteiger partial charge < -0.3 is 48.5 Å². The van der Waals surface area contributed by atoms with E-state index in [1.807, 2.05) is 0 Å². The summed E-state index contributed by atoms with van der Waals surface area (Å²) in [5.74, 6) is -0.662. The molecule has 15 heteroatoms. The molecule has 4 heterocycles. The zero-order valence-corrected chi connectivity index (χ0v) is 28.7. The molecule has 43 heavy (non-hydrogen) atoms. The van der Waals surface area contributed by atoms with Gasteiger partial charge in [-0.25, -0.2) is 28.1 Å². The molecule has 1 saturated heterocycles. The molecule has 1 aliphatic rings. The van der Waals surface area contributed by atoms with Gasteiger partial charge in [0.05, 0.1) is 57.0 Å². The number of pyridine rings is 3. The molecule has 2 unspecified atom stereocenters. The number of hydrogen-bond acceptors (Lipinski definition) is 9. The number of carbonyl (C=O) groups excluding carboxylic acids is 1. The minimum atomic E-state index is -0.775. The van der Waals surface area contributed by atoms with Crippen molar-refractivity contribution in [2.24, 2.45) is 0 Å². The van der Waals surface area contributed by atoms with Gasteiger partial charge in [-0.1, -0.05) is 0 Å². The zero-order valence-electron chi connectivity index (χ0n) is 25.0. The molecule has 1 fully saturated rings. The van der Waals surface area contributed by atoms with Crippen molar-refractivity contribution in [3.8, 4) is 17.6 Å². The second kappa shape index (κ2) is 25.1. The number of ether oxygens (including phenoxy) is 4. The SMILES string of the molecule is C1CCOC1.COc1ncc(F)cc1C(C)Cl.COc1ncc(F)cc1C(C)O.COc1ncc(F)cc1C=O.[Br-].[CH3-].[Mg+2]. The Morgan fingerprint density at radius 1 is 0.837 bits per heavy atom. The topological polar surface area (TPSA) is 113 Å². The molecule has 0 radical (unpaired) electrons. The van der Waals surface area contributed by atoms with Crippen molar-refractivity contribution in [1.29, 1.82) is 0 Å². The summed E-state index contributed by atoms with van der Waals surface area (Å²) in [4.78, 5) is 21.2. The van der Waals surface area contributed by atoms with Gasteiger partial charge in [0.1, 0.15) is 17.5 Å². The van der Waals surface area contributed by atoms with Gasteiger partial charge >= 0.3 is 23.1 Å². The molecule has 0 saturated carbocycles. The summed E-state index contributed by atoms with van der Waals surface area (Å²) in [5, 5.41) is 8.87. The van der Waals surface area contributed by atoms with E-state index < -0.39 is 23.6 Å². The van der Waals surface area contributed by atoms with Crippen LogP contribution in [0.15, 0.2) is 36.8 Å². The van der Waals surface area contributed by atoms with E-state index in [-0.39, 0.29) is 70.2 Å². The van der Waals surface area contributed by atoms with Gasteiger partial charge in [-0.2, -0.15) is 0 Å². The molecule has 9 nitrogen and oxygen atoms in total. The Balaban J connectivity index is -0.000000500. The third-order valence-corrected chi connectivity index (χ3v) is 5.18. The van der Waals surface area contributed by atoms with Crippen molar-refractivity contribution in [1.82, 2.24) is 15.0 Å². The molecular formula is C28H36BrClF3MgN3O6. The van der Waals surface area contributed by atoms with Crippen LogP contribution in [0.1, 0.15) is 59.7 Å². The van der Waals surface area contributed by atoms with Crippen LogP contribution in [0.4, 0.5) is 13.2 Å². The number of halogens is 5. The summed E-state index contributed by atoms with van der Waals surface area (Å²) < 4.78 is 57.0. The summed E-state index contributed by atoms with van der Waals surface area (Å²) in [6.07, 6.45) is 5.41. The number of aldehydes is 1. The van der Waals surface area contributed by atoms with Crippen LogP contribution in [0.5, 0.6) is 17.6 Å². The Kier molecular flexibility index (Phi) is 26.4. The Morgan fingerprint density at radius 3 is 1.58 bits per heavy atom. The Labute approximate surface area is 282 Å². The van der Waals surface area contributed by atoms with E-state index in [1.165, 1.54) is 53.2 Å². The van der Waals surface area contributed by atoms with Crippen LogP contribution in [0.25, 0.3) is 0 Å². The van der Waals surface area contributed by atoms with E-state index in [1.54, 1.807) is 6.92 Å². The van der Waals surface area contributed by atoms with Gasteiger partial charge in [0.15, 0.2) is 6.29 Å². The first-order chi connectivity index (χ1) is 19.1. The van der Waals surface area contributed by atoms with Crippen LogP contribution in [-0.4, -0.2) is 83.9 Å². The Morgan fingerprint density at radius 2 is 1.23 bits per heavy atom. The molecule has 1 N–H and O–H groups in total. The normalized spacial score (nSPS) is 12.2. The van der Waals surface area contributed by atoms with Crippen molar-refractivity contribution in [2.75, 3.05) is 34.5 Å². The number of nitrogens with zero attached hydrogens (tertiary/aromatic N) is 3. The predicted octanol–water partition coefficient (Wildman–Crippen LogP) is 2.72. The van der Waals surface area contributed by atoms with E-state index in [9.17, 15) is 23.1 Å². The van der Waals surface area contributed by atoms with E-state index in [2.05, 4.69) is 19.7 Å². The Hall–Kier alpha value is -2.23. The molecule has 4 rings (SSSR count). The predicted molar refractivity (Wildman–Crippen MR) is 155 cm³/mol. The van der Waals surface area contributed by atoms with E-state index in [4.69, 9.17) is 25.8 Å². The van der Waals surface area contributed by atoms with Crippen molar-refractivity contribution in [3.63, 3.8) is 0 Å². The number of aliphatic hydroxyl groups excluding tert-OH is 1. The molecule has 236 valence electrons. The number of alkyl halides is 1. The van der Waals surface area contributed by atoms with Crippen LogP contribution in [0.3, 0.4) is 0 Å². The van der Waals surface area contributed by atoms with Crippen LogP contribution in [0, 0.1) is 24.9 Å². The Bertz CT molecular complexity index is 1130. The molecule has 3 aromatic heterocycles. The maximum atomic E-state index is 12.7. The van der Waals surface area contributed by atoms with E-state index in [0.29, 0.717) is 23.3 Å². The fraction of sp³-hybridized carbons (Fsp3) is 0.393. The van der Waals surface area contributed by atoms with Gasteiger partial charge in [0.2, 0.25) is 17.6 Å². The third-order valence-electron chi connectivity index (χ3n) is 4.95. The largest absolute Gasteiger partial charge is 2.00 e. The van der Waals surface area contributed by atoms with E-state index in [0.717, 1.165) is 37.9 Å². The van der Waals surface area contributed by atoms with Crippen molar-refractivity contribution >= 4 is 40.9 Å². The number of aromatic nitrogens is 3. The molecule has 0 amide bonds. The molecule has 0 spiro atoms. The monoisotopic (exact) mass is 705 g/mol. The number of methoxy groups -OCH3 is 3. The number of carbonyl (C=O) groups is 1. The summed E-state index contributed by atoms with van der Waals surface area (Å²) in [6.45, 7) is 5.26.